The molecule has 0 aliphatic heterocycles. The Labute approximate surface area is 122 Å². The first-order valence-electron chi connectivity index (χ1n) is 6.35. The van der Waals surface area contributed by atoms with Crippen LogP contribution in [0.2, 0.25) is 5.02 Å². The molecule has 0 unspecified atom stereocenters. The van der Waals surface area contributed by atoms with Gasteiger partial charge in [0.25, 0.3) is 0 Å². The molecule has 1 amide bonds. The van der Waals surface area contributed by atoms with Gasteiger partial charge in [0.15, 0.2) is 0 Å². The Balaban J connectivity index is 2.15. The summed E-state index contributed by atoms with van der Waals surface area (Å²) in [6.45, 7) is -0.268. The van der Waals surface area contributed by atoms with Crippen molar-refractivity contribution in [3.05, 3.63) is 28.8 Å². The molecule has 1 fully saturated rings. The fourth-order valence-electron chi connectivity index (χ4n) is 2.11. The normalized spacial score (nSPS) is 13.9. The highest BCUT2D eigenvalue weighted by molar-refractivity contribution is 6.31. The summed E-state index contributed by atoms with van der Waals surface area (Å²) >= 11 is 6.09. The van der Waals surface area contributed by atoms with E-state index in [1.165, 1.54) is 12.0 Å². The fourth-order valence-corrected chi connectivity index (χ4v) is 2.34. The highest BCUT2D eigenvalue weighted by Gasteiger charge is 2.34. The van der Waals surface area contributed by atoms with Crippen LogP contribution in [0.15, 0.2) is 18.2 Å². The molecule has 1 aliphatic rings. The smallest absolute Gasteiger partial charge is 0.323 e. The molecule has 0 aromatic heterocycles. The Hall–Kier alpha value is -1.75. The second-order valence-electron chi connectivity index (χ2n) is 4.74. The summed E-state index contributed by atoms with van der Waals surface area (Å²) in [6, 6.07) is 5.20. The number of rotatable bonds is 6. The largest absolute Gasteiger partial charge is 0.496 e. The lowest BCUT2D eigenvalue weighted by Crippen LogP contribution is -2.38. The number of methoxy groups -OCH3 is 1. The summed E-state index contributed by atoms with van der Waals surface area (Å²) < 4.78 is 5.19. The minimum atomic E-state index is -1.00. The number of carbonyl (C=O) groups is 2. The van der Waals surface area contributed by atoms with Crippen molar-refractivity contribution in [2.24, 2.45) is 0 Å². The molecule has 6 heteroatoms. The van der Waals surface area contributed by atoms with E-state index in [1.807, 2.05) is 0 Å². The van der Waals surface area contributed by atoms with Crippen LogP contribution in [-0.2, 0) is 16.0 Å². The molecule has 1 saturated carbocycles. The average Bonchev–Trinajstić information content (AvgIpc) is 3.22. The van der Waals surface area contributed by atoms with Gasteiger partial charge >= 0.3 is 5.97 Å². The number of benzene rings is 1. The van der Waals surface area contributed by atoms with Gasteiger partial charge in [0.1, 0.15) is 12.3 Å². The molecule has 1 aliphatic carbocycles. The van der Waals surface area contributed by atoms with Gasteiger partial charge in [-0.15, -0.1) is 0 Å². The lowest BCUT2D eigenvalue weighted by molar-refractivity contribution is -0.144. The molecular formula is C14H16ClNO4. The quantitative estimate of drug-likeness (QED) is 0.872. The van der Waals surface area contributed by atoms with Crippen LogP contribution in [0.1, 0.15) is 18.4 Å². The third-order valence-corrected chi connectivity index (χ3v) is 3.59. The van der Waals surface area contributed by atoms with Crippen LogP contribution in [0, 0.1) is 0 Å². The predicted octanol–water partition coefficient (Wildman–Crippen LogP) is 1.97. The Morgan fingerprint density at radius 2 is 2.15 bits per heavy atom. The van der Waals surface area contributed by atoms with Gasteiger partial charge in [-0.2, -0.15) is 0 Å². The van der Waals surface area contributed by atoms with Crippen LogP contribution >= 0.6 is 11.6 Å². The van der Waals surface area contributed by atoms with Crippen molar-refractivity contribution < 1.29 is 19.4 Å². The number of aliphatic carboxylic acids is 1. The highest BCUT2D eigenvalue weighted by Crippen LogP contribution is 2.30. The van der Waals surface area contributed by atoms with Crippen molar-refractivity contribution >= 4 is 23.5 Å². The van der Waals surface area contributed by atoms with Crippen molar-refractivity contribution in [3.8, 4) is 5.75 Å². The van der Waals surface area contributed by atoms with E-state index in [9.17, 15) is 9.59 Å². The zero-order valence-electron chi connectivity index (χ0n) is 11.1. The second kappa shape index (κ2) is 6.13. The topological polar surface area (TPSA) is 66.8 Å². The summed E-state index contributed by atoms with van der Waals surface area (Å²) in [5.41, 5.74) is 0.595. The first kappa shape index (κ1) is 14.7. The number of ether oxygens (including phenoxy) is 1. The van der Waals surface area contributed by atoms with Gasteiger partial charge in [0, 0.05) is 16.6 Å². The maximum absolute atomic E-state index is 12.3. The number of amides is 1. The lowest BCUT2D eigenvalue weighted by Gasteiger charge is -2.21. The predicted molar refractivity (Wildman–Crippen MR) is 74.1 cm³/mol. The number of carbonyl (C=O) groups excluding carboxylic acids is 1. The summed E-state index contributed by atoms with van der Waals surface area (Å²) in [7, 11) is 1.51. The molecule has 1 N–H and O–H groups in total. The van der Waals surface area contributed by atoms with Crippen molar-refractivity contribution in [3.63, 3.8) is 0 Å². The molecule has 2 rings (SSSR count). The van der Waals surface area contributed by atoms with Crippen molar-refractivity contribution in [1.29, 1.82) is 0 Å². The molecule has 0 bridgehead atoms. The van der Waals surface area contributed by atoms with E-state index < -0.39 is 5.97 Å². The van der Waals surface area contributed by atoms with Crippen LogP contribution in [0.25, 0.3) is 0 Å². The summed E-state index contributed by atoms with van der Waals surface area (Å²) in [4.78, 5) is 24.6. The first-order chi connectivity index (χ1) is 9.52. The molecule has 108 valence electrons. The van der Waals surface area contributed by atoms with Gasteiger partial charge < -0.3 is 14.7 Å². The first-order valence-corrected chi connectivity index (χ1v) is 6.73. The molecule has 0 radical (unpaired) electrons. The summed E-state index contributed by atoms with van der Waals surface area (Å²) in [5.74, 6) is -0.699. The number of carboxylic acid groups (broad SMARTS) is 1. The van der Waals surface area contributed by atoms with Gasteiger partial charge in [-0.25, -0.2) is 0 Å². The lowest BCUT2D eigenvalue weighted by atomic mass is 10.1. The van der Waals surface area contributed by atoms with Crippen molar-refractivity contribution in [2.75, 3.05) is 13.7 Å². The highest BCUT2D eigenvalue weighted by atomic mass is 35.5. The zero-order chi connectivity index (χ0) is 14.7. The molecule has 0 atom stereocenters. The second-order valence-corrected chi connectivity index (χ2v) is 5.15. The number of halogens is 1. The molecular weight excluding hydrogens is 282 g/mol. The van der Waals surface area contributed by atoms with E-state index >= 15 is 0 Å². The van der Waals surface area contributed by atoms with E-state index in [0.29, 0.717) is 16.3 Å². The number of hydrogen-bond acceptors (Lipinski definition) is 3. The SMILES string of the molecule is COc1cccc(Cl)c1CC(=O)N(CC(=O)O)C1CC1. The van der Waals surface area contributed by atoms with Gasteiger partial charge in [0.2, 0.25) is 5.91 Å². The molecule has 0 saturated heterocycles. The minimum Gasteiger partial charge on any atom is -0.496 e. The van der Waals surface area contributed by atoms with Crippen LogP contribution in [-0.4, -0.2) is 41.6 Å². The van der Waals surface area contributed by atoms with Crippen LogP contribution in [0.4, 0.5) is 0 Å². The third-order valence-electron chi connectivity index (χ3n) is 3.24. The van der Waals surface area contributed by atoms with Gasteiger partial charge in [-0.05, 0) is 25.0 Å². The number of nitrogens with zero attached hydrogens (tertiary/aromatic N) is 1. The Morgan fingerprint density at radius 3 is 2.70 bits per heavy atom. The molecule has 1 aromatic carbocycles. The number of carboxylic acids is 1. The van der Waals surface area contributed by atoms with Crippen LogP contribution in [0.3, 0.4) is 0 Å². The molecule has 1 aromatic rings. The number of hydrogen-bond donors (Lipinski definition) is 1. The van der Waals surface area contributed by atoms with Gasteiger partial charge in [0.05, 0.1) is 13.5 Å². The Bertz CT molecular complexity index is 528. The average molecular weight is 298 g/mol. The maximum atomic E-state index is 12.3. The molecule has 0 spiro atoms. The Morgan fingerprint density at radius 1 is 1.45 bits per heavy atom. The van der Waals surface area contributed by atoms with Crippen molar-refractivity contribution in [1.82, 2.24) is 4.90 Å². The van der Waals surface area contributed by atoms with E-state index in [2.05, 4.69) is 0 Å². The third kappa shape index (κ3) is 3.42. The minimum absolute atomic E-state index is 0.0482. The maximum Gasteiger partial charge on any atom is 0.323 e. The van der Waals surface area contributed by atoms with E-state index in [4.69, 9.17) is 21.4 Å². The van der Waals surface area contributed by atoms with Crippen LogP contribution in [0.5, 0.6) is 5.75 Å². The molecule has 0 heterocycles. The van der Waals surface area contributed by atoms with Gasteiger partial charge in [-0.1, -0.05) is 17.7 Å². The van der Waals surface area contributed by atoms with E-state index in [-0.39, 0.29) is 24.9 Å². The molecule has 5 nitrogen and oxygen atoms in total. The summed E-state index contributed by atoms with van der Waals surface area (Å²) in [5, 5.41) is 9.33. The fraction of sp³-hybridized carbons (Fsp3) is 0.429. The van der Waals surface area contributed by atoms with Crippen molar-refractivity contribution in [2.45, 2.75) is 25.3 Å². The zero-order valence-corrected chi connectivity index (χ0v) is 11.9. The van der Waals surface area contributed by atoms with E-state index in [1.54, 1.807) is 18.2 Å². The molecule has 20 heavy (non-hydrogen) atoms. The standard InChI is InChI=1S/C14H16ClNO4/c1-20-12-4-2-3-11(15)10(12)7-13(17)16(8-14(18)19)9-5-6-9/h2-4,9H,5-8H2,1H3,(H,18,19). The monoisotopic (exact) mass is 297 g/mol. The van der Waals surface area contributed by atoms with Gasteiger partial charge in [-0.3, -0.25) is 9.59 Å². The Kier molecular flexibility index (Phi) is 4.49. The summed E-state index contributed by atoms with van der Waals surface area (Å²) in [6.07, 6.45) is 1.77. The van der Waals surface area contributed by atoms with Crippen LogP contribution < -0.4 is 4.74 Å². The van der Waals surface area contributed by atoms with E-state index in [0.717, 1.165) is 12.8 Å².